The van der Waals surface area contributed by atoms with Gasteiger partial charge in [-0.3, -0.25) is 4.79 Å². The molecule has 0 atom stereocenters. The number of Topliss-reactive ketones (excluding diaryl/α,β-unsaturated/α-hetero) is 1. The number of hydrogen-bond donors (Lipinski definition) is 0. The molecule has 0 aliphatic rings. The van der Waals surface area contributed by atoms with Crippen molar-refractivity contribution in [3.63, 3.8) is 0 Å². The Morgan fingerprint density at radius 1 is 1.13 bits per heavy atom. The maximum absolute atomic E-state index is 11.1. The Morgan fingerprint density at radius 3 is 2.13 bits per heavy atom. The van der Waals surface area contributed by atoms with Gasteiger partial charge in [0.1, 0.15) is 0 Å². The average Bonchev–Trinajstić information content (AvgIpc) is 2.30. The molecule has 0 saturated carbocycles. The van der Waals surface area contributed by atoms with E-state index in [4.69, 9.17) is 0 Å². The minimum Gasteiger partial charge on any atom is -0.285 e. The molecule has 0 heterocycles. The molecule has 80 valence electrons. The van der Waals surface area contributed by atoms with Gasteiger partial charge in [-0.2, -0.15) is 0 Å². The van der Waals surface area contributed by atoms with E-state index in [9.17, 15) is 4.79 Å². The molecule has 0 spiro atoms. The van der Waals surface area contributed by atoms with Crippen LogP contribution in [0.15, 0.2) is 30.3 Å². The van der Waals surface area contributed by atoms with Crippen LogP contribution in [0.5, 0.6) is 0 Å². The molecule has 15 heavy (non-hydrogen) atoms. The summed E-state index contributed by atoms with van der Waals surface area (Å²) in [4.78, 5) is 11.1. The molecular weight excluding hydrogens is 184 g/mol. The SMILES string of the molecule is CC.CC(C)C(=O)C#Cc1ccccc1. The highest BCUT2D eigenvalue weighted by Gasteiger charge is 2.00. The van der Waals surface area contributed by atoms with Crippen molar-refractivity contribution in [1.29, 1.82) is 0 Å². The Hall–Kier alpha value is -1.55. The van der Waals surface area contributed by atoms with Gasteiger partial charge in [-0.15, -0.1) is 0 Å². The van der Waals surface area contributed by atoms with Crippen molar-refractivity contribution in [3.8, 4) is 11.8 Å². The van der Waals surface area contributed by atoms with Crippen LogP contribution in [0.25, 0.3) is 0 Å². The fourth-order valence-electron chi connectivity index (χ4n) is 0.800. The van der Waals surface area contributed by atoms with E-state index in [1.165, 1.54) is 0 Å². The van der Waals surface area contributed by atoms with E-state index in [1.807, 2.05) is 58.0 Å². The van der Waals surface area contributed by atoms with Gasteiger partial charge in [0.25, 0.3) is 0 Å². The Kier molecular flexibility index (Phi) is 7.01. The van der Waals surface area contributed by atoms with Crippen molar-refractivity contribution in [2.45, 2.75) is 27.7 Å². The predicted octanol–water partition coefficient (Wildman–Crippen LogP) is 3.29. The minimum atomic E-state index is -0.0103. The van der Waals surface area contributed by atoms with Crippen LogP contribution in [-0.2, 0) is 4.79 Å². The summed E-state index contributed by atoms with van der Waals surface area (Å²) in [6.45, 7) is 7.70. The van der Waals surface area contributed by atoms with Gasteiger partial charge in [0.2, 0.25) is 5.78 Å². The lowest BCUT2D eigenvalue weighted by molar-refractivity contribution is -0.116. The molecule has 0 aromatic heterocycles. The van der Waals surface area contributed by atoms with Gasteiger partial charge in [0, 0.05) is 11.5 Å². The van der Waals surface area contributed by atoms with E-state index >= 15 is 0 Å². The first-order valence-electron chi connectivity index (χ1n) is 5.31. The van der Waals surface area contributed by atoms with Crippen LogP contribution in [0.2, 0.25) is 0 Å². The quantitative estimate of drug-likeness (QED) is 0.639. The summed E-state index contributed by atoms with van der Waals surface area (Å²) >= 11 is 0. The van der Waals surface area contributed by atoms with Gasteiger partial charge >= 0.3 is 0 Å². The van der Waals surface area contributed by atoms with Crippen molar-refractivity contribution in [3.05, 3.63) is 35.9 Å². The van der Waals surface area contributed by atoms with E-state index in [1.54, 1.807) is 0 Å². The fraction of sp³-hybridized carbons (Fsp3) is 0.357. The Balaban J connectivity index is 0.000000921. The lowest BCUT2D eigenvalue weighted by atomic mass is 10.1. The number of ketones is 1. The van der Waals surface area contributed by atoms with Crippen LogP contribution in [0.4, 0.5) is 0 Å². The molecule has 1 aromatic carbocycles. The second-order valence-corrected chi connectivity index (χ2v) is 3.13. The standard InChI is InChI=1S/C12H12O.C2H6/c1-10(2)12(13)9-8-11-6-4-3-5-7-11;1-2/h3-7,10H,1-2H3;1-2H3. The third kappa shape index (κ3) is 5.70. The third-order valence-electron chi connectivity index (χ3n) is 1.63. The van der Waals surface area contributed by atoms with Gasteiger partial charge in [-0.1, -0.05) is 51.8 Å². The van der Waals surface area contributed by atoms with E-state index in [0.717, 1.165) is 5.56 Å². The second-order valence-electron chi connectivity index (χ2n) is 3.13. The topological polar surface area (TPSA) is 17.1 Å². The number of rotatable bonds is 1. The van der Waals surface area contributed by atoms with E-state index in [0.29, 0.717) is 0 Å². The fourth-order valence-corrected chi connectivity index (χ4v) is 0.800. The smallest absolute Gasteiger partial charge is 0.208 e. The first-order chi connectivity index (χ1) is 7.20. The van der Waals surface area contributed by atoms with E-state index < -0.39 is 0 Å². The summed E-state index contributed by atoms with van der Waals surface area (Å²) in [5.74, 6) is 5.42. The zero-order valence-corrected chi connectivity index (χ0v) is 9.87. The lowest BCUT2D eigenvalue weighted by Gasteiger charge is -1.92. The largest absolute Gasteiger partial charge is 0.285 e. The summed E-state index contributed by atoms with van der Waals surface area (Å²) in [7, 11) is 0. The summed E-state index contributed by atoms with van der Waals surface area (Å²) in [5, 5.41) is 0. The number of hydrogen-bond acceptors (Lipinski definition) is 1. The number of carbonyl (C=O) groups excluding carboxylic acids is 1. The molecule has 1 rings (SSSR count). The molecule has 0 N–H and O–H groups in total. The van der Waals surface area contributed by atoms with Crippen molar-refractivity contribution in [2.24, 2.45) is 5.92 Å². The van der Waals surface area contributed by atoms with Crippen molar-refractivity contribution in [2.75, 3.05) is 0 Å². The molecule has 0 unspecified atom stereocenters. The molecule has 0 fully saturated rings. The lowest BCUT2D eigenvalue weighted by Crippen LogP contribution is -2.02. The summed E-state index contributed by atoms with van der Waals surface area (Å²) in [6.07, 6.45) is 0. The van der Waals surface area contributed by atoms with Crippen LogP contribution in [0.1, 0.15) is 33.3 Å². The molecule has 0 saturated heterocycles. The molecule has 0 aliphatic heterocycles. The highest BCUT2D eigenvalue weighted by atomic mass is 16.1. The number of benzene rings is 1. The summed E-state index contributed by atoms with van der Waals surface area (Å²) < 4.78 is 0. The van der Waals surface area contributed by atoms with Crippen LogP contribution in [-0.4, -0.2) is 5.78 Å². The first-order valence-corrected chi connectivity index (χ1v) is 5.31. The van der Waals surface area contributed by atoms with Gasteiger partial charge in [0.15, 0.2) is 0 Å². The van der Waals surface area contributed by atoms with E-state index in [2.05, 4.69) is 11.8 Å². The van der Waals surface area contributed by atoms with Crippen LogP contribution in [0.3, 0.4) is 0 Å². The van der Waals surface area contributed by atoms with Crippen molar-refractivity contribution >= 4 is 5.78 Å². The third-order valence-corrected chi connectivity index (χ3v) is 1.63. The highest BCUT2D eigenvalue weighted by molar-refractivity contribution is 5.97. The molecule has 1 nitrogen and oxygen atoms in total. The van der Waals surface area contributed by atoms with Crippen LogP contribution in [0, 0.1) is 17.8 Å². The molecule has 1 heteroatoms. The summed E-state index contributed by atoms with van der Waals surface area (Å²) in [5.41, 5.74) is 0.886. The summed E-state index contributed by atoms with van der Waals surface area (Å²) in [6, 6.07) is 9.52. The second kappa shape index (κ2) is 7.82. The minimum absolute atomic E-state index is 0.00351. The average molecular weight is 202 g/mol. The van der Waals surface area contributed by atoms with Crippen molar-refractivity contribution in [1.82, 2.24) is 0 Å². The number of carbonyl (C=O) groups is 1. The molecule has 0 radical (unpaired) electrons. The first kappa shape index (κ1) is 13.4. The van der Waals surface area contributed by atoms with Gasteiger partial charge in [0.05, 0.1) is 0 Å². The van der Waals surface area contributed by atoms with Crippen LogP contribution < -0.4 is 0 Å². The Labute approximate surface area is 92.5 Å². The predicted molar refractivity (Wildman–Crippen MR) is 64.5 cm³/mol. The monoisotopic (exact) mass is 202 g/mol. The normalized spacial score (nSPS) is 8.33. The maximum Gasteiger partial charge on any atom is 0.208 e. The van der Waals surface area contributed by atoms with Gasteiger partial charge in [-0.25, -0.2) is 0 Å². The van der Waals surface area contributed by atoms with Gasteiger partial charge in [-0.05, 0) is 18.1 Å². The van der Waals surface area contributed by atoms with Crippen LogP contribution >= 0.6 is 0 Å². The molecule has 1 aromatic rings. The van der Waals surface area contributed by atoms with Gasteiger partial charge < -0.3 is 0 Å². The molecular formula is C14H18O. The Bertz CT molecular complexity index is 339. The Morgan fingerprint density at radius 2 is 1.67 bits per heavy atom. The maximum atomic E-state index is 11.1. The van der Waals surface area contributed by atoms with Crippen molar-refractivity contribution < 1.29 is 4.79 Å². The van der Waals surface area contributed by atoms with E-state index in [-0.39, 0.29) is 11.7 Å². The molecule has 0 amide bonds. The highest BCUT2D eigenvalue weighted by Crippen LogP contribution is 1.96. The zero-order valence-electron chi connectivity index (χ0n) is 9.87. The molecule has 0 bridgehead atoms. The zero-order chi connectivity index (χ0) is 11.7. The molecule has 0 aliphatic carbocycles.